The van der Waals surface area contributed by atoms with Gasteiger partial charge in [-0.05, 0) is 51.7 Å². The summed E-state index contributed by atoms with van der Waals surface area (Å²) in [4.78, 5) is 25.2. The largest absolute Gasteiger partial charge is 0.460 e. The molecule has 2 rings (SSSR count). The van der Waals surface area contributed by atoms with Crippen LogP contribution in [0.1, 0.15) is 67.2 Å². The van der Waals surface area contributed by atoms with Crippen LogP contribution < -0.4 is 0 Å². The van der Waals surface area contributed by atoms with Gasteiger partial charge in [-0.25, -0.2) is 0 Å². The van der Waals surface area contributed by atoms with Gasteiger partial charge in [-0.2, -0.15) is 0 Å². The topological polar surface area (TPSA) is 61.8 Å². The van der Waals surface area contributed by atoms with Crippen LogP contribution in [0, 0.1) is 11.8 Å². The normalized spacial score (nSPS) is 31.3. The Morgan fingerprint density at radius 3 is 2.36 bits per heavy atom. The molecular weight excluding hydrogens is 487 g/mol. The number of esters is 2. The second kappa shape index (κ2) is 8.17. The number of alkyl halides is 1. The molecule has 7 heteroatoms. The monoisotopic (exact) mass is 524 g/mol. The van der Waals surface area contributed by atoms with Crippen LogP contribution in [0.4, 0.5) is 0 Å². The second-order valence-corrected chi connectivity index (χ2v) is 17.3. The predicted octanol–water partition coefficient (Wildman–Crippen LogP) is 5.26. The van der Waals surface area contributed by atoms with Crippen LogP contribution in [0.15, 0.2) is 0 Å². The Hall–Kier alpha value is -0.153. The number of hydrogen-bond acceptors (Lipinski definition) is 5. The van der Waals surface area contributed by atoms with Gasteiger partial charge in [0.1, 0.15) is 11.2 Å². The van der Waals surface area contributed by atoms with E-state index in [9.17, 15) is 9.59 Å². The van der Waals surface area contributed by atoms with Gasteiger partial charge in [-0.15, -0.1) is 0 Å². The summed E-state index contributed by atoms with van der Waals surface area (Å²) < 4.78 is 18.4. The first-order valence-electron chi connectivity index (χ1n) is 10.3. The minimum atomic E-state index is -2.01. The lowest BCUT2D eigenvalue weighted by atomic mass is 9.81. The number of carbonyl (C=O) groups is 2. The van der Waals surface area contributed by atoms with Crippen molar-refractivity contribution in [2.24, 2.45) is 11.8 Å². The molecule has 0 N–H and O–H groups in total. The van der Waals surface area contributed by atoms with Gasteiger partial charge >= 0.3 is 11.9 Å². The van der Waals surface area contributed by atoms with Crippen LogP contribution in [0.3, 0.4) is 0 Å². The molecule has 4 atom stereocenters. The molecule has 5 nitrogen and oxygen atoms in total. The van der Waals surface area contributed by atoms with Crippen molar-refractivity contribution in [3.05, 3.63) is 0 Å². The summed E-state index contributed by atoms with van der Waals surface area (Å²) in [5.74, 6) is -0.531. The van der Waals surface area contributed by atoms with Gasteiger partial charge in [0.05, 0.1) is 18.9 Å². The lowest BCUT2D eigenvalue weighted by Gasteiger charge is -2.42. The summed E-state index contributed by atoms with van der Waals surface area (Å²) in [5.41, 5.74) is -1.25. The number of rotatable bonds is 5. The first kappa shape index (κ1) is 24.1. The van der Waals surface area contributed by atoms with Crippen molar-refractivity contribution in [2.45, 2.75) is 100 Å². The van der Waals surface area contributed by atoms with E-state index in [1.54, 1.807) is 0 Å². The Kier molecular flexibility index (Phi) is 7.04. The highest BCUT2D eigenvalue weighted by Crippen LogP contribution is 2.49. The molecule has 0 amide bonds. The van der Waals surface area contributed by atoms with E-state index in [4.69, 9.17) is 13.9 Å². The third kappa shape index (κ3) is 5.50. The Morgan fingerprint density at radius 2 is 1.82 bits per heavy atom. The van der Waals surface area contributed by atoms with E-state index in [2.05, 4.69) is 56.5 Å². The molecule has 2 fully saturated rings. The fourth-order valence-corrected chi connectivity index (χ4v) is 6.06. The highest BCUT2D eigenvalue weighted by atomic mass is 127. The lowest BCUT2D eigenvalue weighted by molar-refractivity contribution is -0.168. The van der Waals surface area contributed by atoms with E-state index in [1.165, 1.54) is 0 Å². The van der Waals surface area contributed by atoms with Crippen molar-refractivity contribution >= 4 is 42.8 Å². The Morgan fingerprint density at radius 1 is 1.21 bits per heavy atom. The minimum absolute atomic E-state index is 0.0702. The Labute approximate surface area is 184 Å². The zero-order valence-electron chi connectivity index (χ0n) is 18.7. The van der Waals surface area contributed by atoms with Gasteiger partial charge in [0.2, 0.25) is 0 Å². The summed E-state index contributed by atoms with van der Waals surface area (Å²) in [6.45, 7) is 17.0. The predicted molar refractivity (Wildman–Crippen MR) is 121 cm³/mol. The summed E-state index contributed by atoms with van der Waals surface area (Å²) >= 11 is 2.42. The molecule has 1 heterocycles. The fraction of sp³-hybridized carbons (Fsp3) is 0.905. The van der Waals surface area contributed by atoms with Gasteiger partial charge < -0.3 is 13.9 Å². The molecule has 1 saturated heterocycles. The average molecular weight is 525 g/mol. The molecule has 28 heavy (non-hydrogen) atoms. The highest BCUT2D eigenvalue weighted by molar-refractivity contribution is 14.1. The fourth-order valence-electron chi connectivity index (χ4n) is 3.76. The first-order valence-corrected chi connectivity index (χ1v) is 14.4. The summed E-state index contributed by atoms with van der Waals surface area (Å²) in [5, 5.41) is 0.0702. The standard InChI is InChI=1S/C21H37IO5Si/c1-19(2,3)26-17(23)11-15-16(22)10-9-14-12-21(15,27-18(14)24)13-25-28(7,8)20(4,5)6/h14-16H,9-13H2,1-8H3/t14-,15-,16-,21+/m1/s1. The molecular formula is C21H37IO5Si. The van der Waals surface area contributed by atoms with Gasteiger partial charge in [0.25, 0.3) is 0 Å². The molecule has 0 aromatic heterocycles. The van der Waals surface area contributed by atoms with Crippen LogP contribution in [0.2, 0.25) is 18.1 Å². The molecule has 0 spiro atoms. The maximum atomic E-state index is 12.6. The summed E-state index contributed by atoms with van der Waals surface area (Å²) in [7, 11) is -2.01. The smallest absolute Gasteiger partial charge is 0.309 e. The quantitative estimate of drug-likeness (QED) is 0.213. The van der Waals surface area contributed by atoms with Crippen molar-refractivity contribution in [1.29, 1.82) is 0 Å². The number of ether oxygens (including phenoxy) is 2. The van der Waals surface area contributed by atoms with E-state index < -0.39 is 19.5 Å². The summed E-state index contributed by atoms with van der Waals surface area (Å²) in [6, 6.07) is 0. The van der Waals surface area contributed by atoms with E-state index in [0.29, 0.717) is 13.0 Å². The van der Waals surface area contributed by atoms with Crippen LogP contribution >= 0.6 is 22.6 Å². The molecule has 0 aromatic carbocycles. The first-order chi connectivity index (χ1) is 12.6. The molecule has 2 bridgehead atoms. The van der Waals surface area contributed by atoms with E-state index >= 15 is 0 Å². The zero-order chi connectivity index (χ0) is 21.5. The lowest BCUT2D eigenvalue weighted by Crippen LogP contribution is -2.51. The molecule has 0 unspecified atom stereocenters. The minimum Gasteiger partial charge on any atom is -0.460 e. The number of halogens is 1. The molecule has 1 aliphatic heterocycles. The van der Waals surface area contributed by atoms with E-state index in [0.717, 1.165) is 12.8 Å². The average Bonchev–Trinajstić information content (AvgIpc) is 2.76. The van der Waals surface area contributed by atoms with E-state index in [-0.39, 0.29) is 39.2 Å². The van der Waals surface area contributed by atoms with Crippen molar-refractivity contribution in [3.63, 3.8) is 0 Å². The SMILES string of the molecule is CC(C)(C)OC(=O)C[C@@H]1[C@H](I)CC[C@@H]2C[C@@]1(CO[Si](C)(C)C(C)(C)C)OC2=O. The van der Waals surface area contributed by atoms with E-state index in [1.807, 2.05) is 20.8 Å². The number of carbonyl (C=O) groups excluding carboxylic acids is 2. The molecule has 0 radical (unpaired) electrons. The molecule has 1 saturated carbocycles. The highest BCUT2D eigenvalue weighted by Gasteiger charge is 2.57. The van der Waals surface area contributed by atoms with Crippen molar-refractivity contribution in [1.82, 2.24) is 0 Å². The van der Waals surface area contributed by atoms with Crippen molar-refractivity contribution in [2.75, 3.05) is 6.61 Å². The Bertz CT molecular complexity index is 607. The van der Waals surface area contributed by atoms with Crippen LogP contribution in [-0.4, -0.2) is 42.0 Å². The third-order valence-electron chi connectivity index (χ3n) is 6.42. The summed E-state index contributed by atoms with van der Waals surface area (Å²) in [6.07, 6.45) is 2.63. The van der Waals surface area contributed by atoms with Gasteiger partial charge in [-0.3, -0.25) is 9.59 Å². The second-order valence-electron chi connectivity index (χ2n) is 10.9. The van der Waals surface area contributed by atoms with Crippen LogP contribution in [-0.2, 0) is 23.5 Å². The van der Waals surface area contributed by atoms with Crippen molar-refractivity contribution < 1.29 is 23.5 Å². The van der Waals surface area contributed by atoms with Gasteiger partial charge in [0, 0.05) is 16.3 Å². The van der Waals surface area contributed by atoms with Crippen LogP contribution in [0.25, 0.3) is 0 Å². The van der Waals surface area contributed by atoms with Crippen LogP contribution in [0.5, 0.6) is 0 Å². The number of hydrogen-bond donors (Lipinski definition) is 0. The Balaban J connectivity index is 2.28. The van der Waals surface area contributed by atoms with Gasteiger partial charge in [0.15, 0.2) is 8.32 Å². The molecule has 162 valence electrons. The van der Waals surface area contributed by atoms with Crippen molar-refractivity contribution in [3.8, 4) is 0 Å². The maximum absolute atomic E-state index is 12.6. The zero-order valence-corrected chi connectivity index (χ0v) is 21.8. The molecule has 1 aliphatic carbocycles. The van der Waals surface area contributed by atoms with Gasteiger partial charge in [-0.1, -0.05) is 43.4 Å². The molecule has 2 aliphatic rings. The third-order valence-corrected chi connectivity index (χ3v) is 12.4. The maximum Gasteiger partial charge on any atom is 0.309 e. The number of fused-ring (bicyclic) bond motifs is 2. The molecule has 0 aromatic rings.